The Hall–Kier alpha value is -0.0600. The lowest BCUT2D eigenvalue weighted by molar-refractivity contribution is 0.208. The Morgan fingerprint density at radius 1 is 1.60 bits per heavy atom. The topological polar surface area (TPSA) is 38.9 Å². The van der Waals surface area contributed by atoms with Gasteiger partial charge in [-0.2, -0.15) is 0 Å². The zero-order chi connectivity index (χ0) is 10.9. The van der Waals surface area contributed by atoms with Gasteiger partial charge in [-0.3, -0.25) is 0 Å². The zero-order valence-corrected chi connectivity index (χ0v) is 10.9. The Balaban J connectivity index is 2.03. The van der Waals surface area contributed by atoms with E-state index in [4.69, 9.17) is 5.73 Å². The van der Waals surface area contributed by atoms with E-state index in [1.807, 2.05) is 23.3 Å². The minimum Gasteiger partial charge on any atom is -0.326 e. The average molecular weight is 242 g/mol. The second-order valence-electron chi connectivity index (χ2n) is 4.86. The maximum atomic E-state index is 6.33. The molecule has 15 heavy (non-hydrogen) atoms. The van der Waals surface area contributed by atoms with E-state index in [1.54, 1.807) is 11.3 Å². The summed E-state index contributed by atoms with van der Waals surface area (Å²) in [6.07, 6.45) is 5.65. The van der Waals surface area contributed by atoms with E-state index in [-0.39, 0.29) is 5.41 Å². The van der Waals surface area contributed by atoms with Crippen LogP contribution in [0.5, 0.6) is 0 Å². The molecule has 0 saturated heterocycles. The van der Waals surface area contributed by atoms with Crippen LogP contribution in [0, 0.1) is 5.41 Å². The first-order chi connectivity index (χ1) is 7.09. The molecule has 0 radical (unpaired) electrons. The number of aromatic nitrogens is 1. The maximum Gasteiger partial charge on any atom is 0.150 e. The van der Waals surface area contributed by atoms with Crippen molar-refractivity contribution in [1.82, 2.24) is 4.98 Å². The molecular formula is C11H18N2S2. The summed E-state index contributed by atoms with van der Waals surface area (Å²) in [5.41, 5.74) is 6.61. The highest BCUT2D eigenvalue weighted by Crippen LogP contribution is 2.41. The van der Waals surface area contributed by atoms with Gasteiger partial charge in [0.25, 0.3) is 0 Å². The highest BCUT2D eigenvalue weighted by molar-refractivity contribution is 8.01. The lowest BCUT2D eigenvalue weighted by Gasteiger charge is -2.41. The maximum absolute atomic E-state index is 6.33. The second-order valence-corrected chi connectivity index (χ2v) is 7.24. The first-order valence-corrected chi connectivity index (χ1v) is 7.17. The van der Waals surface area contributed by atoms with Gasteiger partial charge >= 0.3 is 0 Å². The molecule has 2 atom stereocenters. The molecule has 2 nitrogen and oxygen atoms in total. The number of thiazole rings is 1. The van der Waals surface area contributed by atoms with E-state index in [9.17, 15) is 0 Å². The van der Waals surface area contributed by atoms with Crippen LogP contribution in [0.25, 0.3) is 0 Å². The first-order valence-electron chi connectivity index (χ1n) is 5.41. The highest BCUT2D eigenvalue weighted by Gasteiger charge is 2.37. The fraction of sp³-hybridized carbons (Fsp3) is 0.727. The Bertz CT molecular complexity index is 308. The molecule has 1 aromatic rings. The van der Waals surface area contributed by atoms with Crippen LogP contribution >= 0.6 is 23.1 Å². The van der Waals surface area contributed by atoms with Crippen LogP contribution < -0.4 is 5.73 Å². The molecule has 1 aromatic heterocycles. The molecule has 1 aliphatic rings. The number of nitrogens with zero attached hydrogens (tertiary/aromatic N) is 1. The van der Waals surface area contributed by atoms with Crippen molar-refractivity contribution in [3.05, 3.63) is 11.6 Å². The molecule has 1 heterocycles. The SMILES string of the molecule is CC1(C)CCCC(Sc2nccs2)C1N. The summed E-state index contributed by atoms with van der Waals surface area (Å²) in [4.78, 5) is 4.32. The van der Waals surface area contributed by atoms with Gasteiger partial charge in [0, 0.05) is 22.9 Å². The molecule has 1 fully saturated rings. The van der Waals surface area contributed by atoms with Crippen molar-refractivity contribution in [1.29, 1.82) is 0 Å². The van der Waals surface area contributed by atoms with Crippen LogP contribution in [0.1, 0.15) is 33.1 Å². The molecule has 2 rings (SSSR count). The zero-order valence-electron chi connectivity index (χ0n) is 9.27. The third kappa shape index (κ3) is 2.55. The number of rotatable bonds is 2. The normalized spacial score (nSPS) is 30.3. The summed E-state index contributed by atoms with van der Waals surface area (Å²) in [6, 6.07) is 0.292. The van der Waals surface area contributed by atoms with Crippen LogP contribution in [0.3, 0.4) is 0 Å². The van der Waals surface area contributed by atoms with Gasteiger partial charge in [0.05, 0.1) is 0 Å². The highest BCUT2D eigenvalue weighted by atomic mass is 32.2. The van der Waals surface area contributed by atoms with Crippen molar-refractivity contribution in [2.24, 2.45) is 11.1 Å². The van der Waals surface area contributed by atoms with Crippen LogP contribution in [0.15, 0.2) is 15.9 Å². The smallest absolute Gasteiger partial charge is 0.150 e. The van der Waals surface area contributed by atoms with Crippen molar-refractivity contribution in [2.45, 2.75) is 48.7 Å². The van der Waals surface area contributed by atoms with Crippen LogP contribution in [0.4, 0.5) is 0 Å². The van der Waals surface area contributed by atoms with Gasteiger partial charge < -0.3 is 5.73 Å². The monoisotopic (exact) mass is 242 g/mol. The molecule has 0 amide bonds. The Morgan fingerprint density at radius 3 is 3.07 bits per heavy atom. The van der Waals surface area contributed by atoms with Gasteiger partial charge in [-0.05, 0) is 18.3 Å². The van der Waals surface area contributed by atoms with Gasteiger partial charge in [-0.25, -0.2) is 4.98 Å². The summed E-state index contributed by atoms with van der Waals surface area (Å²) >= 11 is 3.58. The van der Waals surface area contributed by atoms with Crippen molar-refractivity contribution < 1.29 is 0 Å². The Morgan fingerprint density at radius 2 is 2.40 bits per heavy atom. The van der Waals surface area contributed by atoms with E-state index < -0.39 is 0 Å². The van der Waals surface area contributed by atoms with Crippen molar-refractivity contribution in [2.75, 3.05) is 0 Å². The second kappa shape index (κ2) is 4.44. The van der Waals surface area contributed by atoms with Gasteiger partial charge in [0.15, 0.2) is 0 Å². The Kier molecular flexibility index (Phi) is 3.38. The fourth-order valence-corrected chi connectivity index (χ4v) is 4.44. The minimum absolute atomic E-state index is 0.285. The van der Waals surface area contributed by atoms with Crippen LogP contribution in [-0.2, 0) is 0 Å². The molecule has 2 N–H and O–H groups in total. The van der Waals surface area contributed by atoms with E-state index >= 15 is 0 Å². The summed E-state index contributed by atoms with van der Waals surface area (Å²) in [5.74, 6) is 0. The van der Waals surface area contributed by atoms with E-state index in [1.165, 1.54) is 19.3 Å². The molecule has 2 unspecified atom stereocenters. The van der Waals surface area contributed by atoms with Crippen LogP contribution in [0.2, 0.25) is 0 Å². The van der Waals surface area contributed by atoms with E-state index in [2.05, 4.69) is 18.8 Å². The molecule has 0 aromatic carbocycles. The Labute approximate surface area is 99.7 Å². The standard InChI is InChI=1S/C11H18N2S2/c1-11(2)5-3-4-8(9(11)12)15-10-13-6-7-14-10/h6-9H,3-5,12H2,1-2H3. The van der Waals surface area contributed by atoms with E-state index in [0.717, 1.165) is 4.34 Å². The van der Waals surface area contributed by atoms with Gasteiger partial charge in [0.1, 0.15) is 4.34 Å². The van der Waals surface area contributed by atoms with Gasteiger partial charge in [-0.1, -0.05) is 32.0 Å². The summed E-state index contributed by atoms with van der Waals surface area (Å²) in [5, 5.41) is 2.57. The number of thioether (sulfide) groups is 1. The van der Waals surface area contributed by atoms with Crippen molar-refractivity contribution in [3.8, 4) is 0 Å². The first kappa shape index (κ1) is 11.4. The number of hydrogen-bond acceptors (Lipinski definition) is 4. The minimum atomic E-state index is 0.285. The predicted molar refractivity (Wildman–Crippen MR) is 67.4 cm³/mol. The third-order valence-corrected chi connectivity index (χ3v) is 5.56. The lowest BCUT2D eigenvalue weighted by Crippen LogP contribution is -2.48. The molecule has 4 heteroatoms. The van der Waals surface area contributed by atoms with E-state index in [0.29, 0.717) is 11.3 Å². The average Bonchev–Trinajstić information content (AvgIpc) is 2.65. The van der Waals surface area contributed by atoms with Crippen LogP contribution in [-0.4, -0.2) is 16.3 Å². The lowest BCUT2D eigenvalue weighted by atomic mass is 9.73. The molecule has 0 spiro atoms. The summed E-state index contributed by atoms with van der Waals surface area (Å²) < 4.78 is 1.16. The molecule has 0 aliphatic heterocycles. The van der Waals surface area contributed by atoms with Gasteiger partial charge in [-0.15, -0.1) is 11.3 Å². The molecular weight excluding hydrogens is 224 g/mol. The summed E-state index contributed by atoms with van der Waals surface area (Å²) in [6.45, 7) is 4.57. The largest absolute Gasteiger partial charge is 0.326 e. The quantitative estimate of drug-likeness (QED) is 0.866. The molecule has 1 aliphatic carbocycles. The molecule has 84 valence electrons. The number of nitrogens with two attached hydrogens (primary N) is 1. The van der Waals surface area contributed by atoms with Crippen molar-refractivity contribution in [3.63, 3.8) is 0 Å². The molecule has 0 bridgehead atoms. The van der Waals surface area contributed by atoms with Gasteiger partial charge in [0.2, 0.25) is 0 Å². The third-order valence-electron chi connectivity index (χ3n) is 3.27. The molecule has 1 saturated carbocycles. The van der Waals surface area contributed by atoms with Crippen molar-refractivity contribution >= 4 is 23.1 Å². The summed E-state index contributed by atoms with van der Waals surface area (Å²) in [7, 11) is 0. The predicted octanol–water partition coefficient (Wildman–Crippen LogP) is 3.14. The number of hydrogen-bond donors (Lipinski definition) is 1. The fourth-order valence-electron chi connectivity index (χ4n) is 2.14.